The number of esters is 2. The maximum Gasteiger partial charge on any atom is 0.329 e. The summed E-state index contributed by atoms with van der Waals surface area (Å²) in [5.74, 6) is -1.71. The van der Waals surface area contributed by atoms with E-state index in [1.54, 1.807) is 59.7 Å². The minimum absolute atomic E-state index is 0.0264. The van der Waals surface area contributed by atoms with E-state index in [1.807, 2.05) is 37.3 Å². The van der Waals surface area contributed by atoms with Crippen molar-refractivity contribution in [2.24, 2.45) is 0 Å². The third kappa shape index (κ3) is 12.5. The number of amides is 2. The number of ether oxygens (including phenoxy) is 2. The van der Waals surface area contributed by atoms with Gasteiger partial charge in [-0.1, -0.05) is 59.2 Å². The molecule has 2 aromatic carbocycles. The van der Waals surface area contributed by atoms with Crippen molar-refractivity contribution in [2.75, 3.05) is 0 Å². The zero-order valence-corrected chi connectivity index (χ0v) is 27.5. The molecule has 0 spiro atoms. The van der Waals surface area contributed by atoms with Crippen molar-refractivity contribution in [1.29, 1.82) is 0 Å². The molecule has 8 nitrogen and oxygen atoms in total. The summed E-state index contributed by atoms with van der Waals surface area (Å²) in [5, 5.41) is 5.81. The summed E-state index contributed by atoms with van der Waals surface area (Å²) in [6.07, 6.45) is 1.82. The molecule has 0 bridgehead atoms. The van der Waals surface area contributed by atoms with E-state index in [0.717, 1.165) is 17.7 Å². The fourth-order valence-electron chi connectivity index (χ4n) is 3.86. The molecule has 2 atom stereocenters. The second-order valence-electron chi connectivity index (χ2n) is 12.0. The normalized spacial score (nSPS) is 13.0. The molecule has 0 aromatic heterocycles. The maximum atomic E-state index is 13.5. The van der Waals surface area contributed by atoms with Crippen LogP contribution in [0.25, 0.3) is 0 Å². The van der Waals surface area contributed by atoms with Crippen LogP contribution >= 0.6 is 21.6 Å². The average molecular weight is 617 g/mol. The Labute approximate surface area is 257 Å². The van der Waals surface area contributed by atoms with Gasteiger partial charge in [0.1, 0.15) is 17.2 Å². The molecule has 0 heterocycles. The first-order valence-electron chi connectivity index (χ1n) is 14.2. The summed E-state index contributed by atoms with van der Waals surface area (Å²) in [5.41, 5.74) is -0.515. The highest BCUT2D eigenvalue weighted by Gasteiger charge is 2.29. The first-order chi connectivity index (χ1) is 19.6. The van der Waals surface area contributed by atoms with Gasteiger partial charge in [-0.05, 0) is 85.6 Å². The predicted molar refractivity (Wildman–Crippen MR) is 169 cm³/mol. The number of benzene rings is 2. The van der Waals surface area contributed by atoms with E-state index in [2.05, 4.69) is 17.6 Å². The van der Waals surface area contributed by atoms with Crippen LogP contribution < -0.4 is 10.6 Å². The molecule has 230 valence electrons. The summed E-state index contributed by atoms with van der Waals surface area (Å²) in [4.78, 5) is 53.2. The van der Waals surface area contributed by atoms with E-state index in [-0.39, 0.29) is 24.8 Å². The Hall–Kier alpha value is -2.98. The van der Waals surface area contributed by atoms with Crippen LogP contribution in [0.3, 0.4) is 0 Å². The number of nitrogens with one attached hydrogen (secondary N) is 2. The molecule has 42 heavy (non-hydrogen) atoms. The molecule has 2 aromatic rings. The molecule has 2 amide bonds. The SMILES string of the molecule is CCCC(C)NC(=O)c1ccccc1SSc1ccccc1C(=O)NC(CCC(=O)OC(C)(C)C)C(=O)OC(C)(C)C. The first-order valence-corrected chi connectivity index (χ1v) is 16.3. The molecular formula is C32H44N2O6S2. The molecule has 0 saturated carbocycles. The zero-order valence-electron chi connectivity index (χ0n) is 25.9. The van der Waals surface area contributed by atoms with Crippen molar-refractivity contribution >= 4 is 45.3 Å². The molecular weight excluding hydrogens is 572 g/mol. The third-order valence-corrected chi connectivity index (χ3v) is 8.12. The van der Waals surface area contributed by atoms with Crippen LogP contribution in [-0.2, 0) is 19.1 Å². The largest absolute Gasteiger partial charge is 0.460 e. The maximum absolute atomic E-state index is 13.5. The highest BCUT2D eigenvalue weighted by Crippen LogP contribution is 2.40. The Morgan fingerprint density at radius 1 is 0.738 bits per heavy atom. The Morgan fingerprint density at radius 2 is 1.21 bits per heavy atom. The van der Waals surface area contributed by atoms with E-state index in [1.165, 1.54) is 21.6 Å². The monoisotopic (exact) mass is 616 g/mol. The average Bonchev–Trinajstić information content (AvgIpc) is 2.88. The van der Waals surface area contributed by atoms with E-state index in [4.69, 9.17) is 9.47 Å². The van der Waals surface area contributed by atoms with Gasteiger partial charge in [-0.2, -0.15) is 0 Å². The Bertz CT molecular complexity index is 1240. The van der Waals surface area contributed by atoms with Crippen molar-refractivity contribution in [3.05, 3.63) is 59.7 Å². The Balaban J connectivity index is 2.20. The Morgan fingerprint density at radius 3 is 1.69 bits per heavy atom. The number of carbonyl (C=O) groups excluding carboxylic acids is 4. The van der Waals surface area contributed by atoms with Crippen molar-refractivity contribution in [1.82, 2.24) is 10.6 Å². The molecule has 0 fully saturated rings. The van der Waals surface area contributed by atoms with Crippen molar-refractivity contribution in [3.8, 4) is 0 Å². The van der Waals surface area contributed by atoms with Gasteiger partial charge in [0.05, 0.1) is 11.1 Å². The smallest absolute Gasteiger partial charge is 0.329 e. The summed E-state index contributed by atoms with van der Waals surface area (Å²) in [7, 11) is 2.72. The number of hydrogen-bond acceptors (Lipinski definition) is 8. The summed E-state index contributed by atoms with van der Waals surface area (Å²) in [6, 6.07) is 13.4. The second-order valence-corrected chi connectivity index (χ2v) is 14.2. The number of hydrogen-bond donors (Lipinski definition) is 2. The van der Waals surface area contributed by atoms with Crippen LogP contribution in [0.2, 0.25) is 0 Å². The number of rotatable bonds is 13. The van der Waals surface area contributed by atoms with Crippen molar-refractivity contribution in [3.63, 3.8) is 0 Å². The highest BCUT2D eigenvalue weighted by molar-refractivity contribution is 8.76. The minimum Gasteiger partial charge on any atom is -0.460 e. The molecule has 0 saturated heterocycles. The first kappa shape index (κ1) is 35.2. The van der Waals surface area contributed by atoms with Crippen LogP contribution in [0.5, 0.6) is 0 Å². The second kappa shape index (κ2) is 16.0. The molecule has 0 aliphatic rings. The van der Waals surface area contributed by atoms with Gasteiger partial charge in [0.15, 0.2) is 0 Å². The standard InChI is InChI=1S/C32H44N2O6S2/c1-9-14-21(2)33-28(36)22-15-10-12-17-25(22)41-42-26-18-13-11-16-23(26)29(37)34-24(30(38)40-32(6,7)8)19-20-27(35)39-31(3,4)5/h10-13,15-18,21,24H,9,14,19-20H2,1-8H3,(H,33,36)(H,34,37). The minimum atomic E-state index is -1.05. The van der Waals surface area contributed by atoms with Gasteiger partial charge < -0.3 is 20.1 Å². The van der Waals surface area contributed by atoms with Crippen LogP contribution in [0, 0.1) is 0 Å². The van der Waals surface area contributed by atoms with E-state index in [0.29, 0.717) is 16.0 Å². The van der Waals surface area contributed by atoms with Crippen LogP contribution in [0.4, 0.5) is 0 Å². The fraction of sp³-hybridized carbons (Fsp3) is 0.500. The van der Waals surface area contributed by atoms with Crippen LogP contribution in [-0.4, -0.2) is 47.0 Å². The molecule has 10 heteroatoms. The lowest BCUT2D eigenvalue weighted by Crippen LogP contribution is -2.44. The zero-order chi connectivity index (χ0) is 31.5. The van der Waals surface area contributed by atoms with E-state index in [9.17, 15) is 19.2 Å². The summed E-state index contributed by atoms with van der Waals surface area (Å²) < 4.78 is 10.9. The van der Waals surface area contributed by atoms with Crippen LogP contribution in [0.1, 0.15) is 102 Å². The number of carbonyl (C=O) groups is 4. The van der Waals surface area contributed by atoms with Gasteiger partial charge in [0.2, 0.25) is 0 Å². The molecule has 0 aliphatic heterocycles. The van der Waals surface area contributed by atoms with Gasteiger partial charge in [-0.3, -0.25) is 14.4 Å². The van der Waals surface area contributed by atoms with Gasteiger partial charge in [-0.25, -0.2) is 4.79 Å². The lowest BCUT2D eigenvalue weighted by molar-refractivity contribution is -0.158. The fourth-order valence-corrected chi connectivity index (χ4v) is 6.22. The lowest BCUT2D eigenvalue weighted by Gasteiger charge is -2.25. The van der Waals surface area contributed by atoms with Gasteiger partial charge in [0.25, 0.3) is 11.8 Å². The van der Waals surface area contributed by atoms with E-state index >= 15 is 0 Å². The molecule has 2 rings (SSSR count). The Kier molecular flexibility index (Phi) is 13.4. The van der Waals surface area contributed by atoms with Crippen molar-refractivity contribution < 1.29 is 28.7 Å². The molecule has 0 aliphatic carbocycles. The van der Waals surface area contributed by atoms with Crippen molar-refractivity contribution in [2.45, 2.75) is 114 Å². The molecule has 2 unspecified atom stereocenters. The van der Waals surface area contributed by atoms with Gasteiger partial charge in [-0.15, -0.1) is 0 Å². The summed E-state index contributed by atoms with van der Waals surface area (Å²) in [6.45, 7) is 14.6. The lowest BCUT2D eigenvalue weighted by atomic mass is 10.1. The topological polar surface area (TPSA) is 111 Å². The third-order valence-electron chi connectivity index (χ3n) is 5.64. The van der Waals surface area contributed by atoms with Gasteiger partial charge in [0, 0.05) is 22.3 Å². The molecule has 0 radical (unpaired) electrons. The predicted octanol–water partition coefficient (Wildman–Crippen LogP) is 6.97. The highest BCUT2D eigenvalue weighted by atomic mass is 33.1. The van der Waals surface area contributed by atoms with E-state index < -0.39 is 35.1 Å². The summed E-state index contributed by atoms with van der Waals surface area (Å²) >= 11 is 0. The molecule has 2 N–H and O–H groups in total. The quantitative estimate of drug-likeness (QED) is 0.183. The van der Waals surface area contributed by atoms with Crippen LogP contribution in [0.15, 0.2) is 58.3 Å². The van der Waals surface area contributed by atoms with Gasteiger partial charge >= 0.3 is 11.9 Å².